The number of carbonyl (C=O) groups excluding carboxylic acids is 2. The largest absolute Gasteiger partial charge is 0.357 e. The Hall–Kier alpha value is -2.00. The molecular formula is C21H24Cl3N3O4S. The number of amides is 2. The van der Waals surface area contributed by atoms with E-state index in [4.69, 9.17) is 34.8 Å². The predicted octanol–water partition coefficient (Wildman–Crippen LogP) is 3.88. The van der Waals surface area contributed by atoms with Gasteiger partial charge in [-0.2, -0.15) is 0 Å². The van der Waals surface area contributed by atoms with Crippen molar-refractivity contribution in [2.75, 3.05) is 24.2 Å². The molecule has 0 aliphatic rings. The molecule has 0 aliphatic carbocycles. The lowest BCUT2D eigenvalue weighted by molar-refractivity contribution is -0.139. The first-order chi connectivity index (χ1) is 14.8. The lowest BCUT2D eigenvalue weighted by Crippen LogP contribution is -2.50. The summed E-state index contributed by atoms with van der Waals surface area (Å²) >= 11 is 18.2. The van der Waals surface area contributed by atoms with E-state index in [9.17, 15) is 18.0 Å². The maximum atomic E-state index is 13.3. The summed E-state index contributed by atoms with van der Waals surface area (Å²) in [6, 6.07) is 9.22. The molecule has 2 amide bonds. The van der Waals surface area contributed by atoms with Crippen molar-refractivity contribution in [2.24, 2.45) is 0 Å². The summed E-state index contributed by atoms with van der Waals surface area (Å²) in [4.78, 5) is 27.0. The number of halogens is 3. The van der Waals surface area contributed by atoms with Gasteiger partial charge in [-0.15, -0.1) is 0 Å². The van der Waals surface area contributed by atoms with Crippen LogP contribution in [0.15, 0.2) is 36.4 Å². The smallest absolute Gasteiger partial charge is 0.244 e. The van der Waals surface area contributed by atoms with Crippen LogP contribution in [0.4, 0.5) is 5.69 Å². The zero-order valence-electron chi connectivity index (χ0n) is 18.0. The van der Waals surface area contributed by atoms with Crippen LogP contribution in [0.5, 0.6) is 0 Å². The molecule has 1 N–H and O–H groups in total. The molecule has 2 aromatic carbocycles. The standard InChI is InChI=1S/C21H24Cl3N3O4S/c1-13-6-5-7-15(8-13)11-26(14(2)21(29)25-3)20(28)12-27(32(4,30)31)19-10-17(23)16(22)9-18(19)24/h5-10,14H,11-12H2,1-4H3,(H,25,29). The number of hydrogen-bond acceptors (Lipinski definition) is 4. The van der Waals surface area contributed by atoms with E-state index in [1.165, 1.54) is 24.1 Å². The maximum absolute atomic E-state index is 13.3. The molecule has 1 atom stereocenters. The Bertz CT molecular complexity index is 1130. The Labute approximate surface area is 203 Å². The minimum atomic E-state index is -3.93. The number of anilines is 1. The van der Waals surface area contributed by atoms with Crippen molar-refractivity contribution in [3.8, 4) is 0 Å². The second-order valence-corrected chi connectivity index (χ2v) is 10.4. The fourth-order valence-electron chi connectivity index (χ4n) is 3.10. The second-order valence-electron chi connectivity index (χ2n) is 7.29. The van der Waals surface area contributed by atoms with Crippen LogP contribution in [0.25, 0.3) is 0 Å². The zero-order chi connectivity index (χ0) is 24.2. The number of rotatable bonds is 8. The quantitative estimate of drug-likeness (QED) is 0.535. The Kier molecular flexibility index (Phi) is 8.82. The van der Waals surface area contributed by atoms with Gasteiger partial charge >= 0.3 is 0 Å². The second kappa shape index (κ2) is 10.7. The van der Waals surface area contributed by atoms with Crippen LogP contribution in [-0.4, -0.2) is 51.0 Å². The molecule has 7 nitrogen and oxygen atoms in total. The first kappa shape index (κ1) is 26.3. The SMILES string of the molecule is CNC(=O)C(C)N(Cc1cccc(C)c1)C(=O)CN(c1cc(Cl)c(Cl)cc1Cl)S(C)(=O)=O. The topological polar surface area (TPSA) is 86.8 Å². The molecule has 0 aliphatic heterocycles. The molecule has 174 valence electrons. The minimum absolute atomic E-state index is 0.0139. The summed E-state index contributed by atoms with van der Waals surface area (Å²) < 4.78 is 25.9. The highest BCUT2D eigenvalue weighted by molar-refractivity contribution is 7.92. The lowest BCUT2D eigenvalue weighted by Gasteiger charge is -2.31. The molecule has 0 bridgehead atoms. The number of nitrogens with one attached hydrogen (secondary N) is 1. The molecule has 0 saturated heterocycles. The zero-order valence-corrected chi connectivity index (χ0v) is 21.1. The van der Waals surface area contributed by atoms with Crippen molar-refractivity contribution in [3.05, 3.63) is 62.6 Å². The number of aryl methyl sites for hydroxylation is 1. The summed E-state index contributed by atoms with van der Waals surface area (Å²) in [5, 5.41) is 2.77. The van der Waals surface area contributed by atoms with Crippen LogP contribution in [0.2, 0.25) is 15.1 Å². The molecule has 0 saturated carbocycles. The molecular weight excluding hydrogens is 497 g/mol. The number of carbonyl (C=O) groups is 2. The normalized spacial score (nSPS) is 12.2. The fraction of sp³-hybridized carbons (Fsp3) is 0.333. The third-order valence-corrected chi connectivity index (χ3v) is 6.94. The Morgan fingerprint density at radius 1 is 1.06 bits per heavy atom. The molecule has 2 aromatic rings. The van der Waals surface area contributed by atoms with Gasteiger partial charge in [0.1, 0.15) is 12.6 Å². The summed E-state index contributed by atoms with van der Waals surface area (Å²) in [6.45, 7) is 3.02. The monoisotopic (exact) mass is 519 g/mol. The van der Waals surface area contributed by atoms with Crippen LogP contribution in [-0.2, 0) is 26.2 Å². The Morgan fingerprint density at radius 2 is 1.69 bits per heavy atom. The molecule has 0 spiro atoms. The Morgan fingerprint density at radius 3 is 2.25 bits per heavy atom. The fourth-order valence-corrected chi connectivity index (χ4v) is 4.64. The molecule has 32 heavy (non-hydrogen) atoms. The third-order valence-electron chi connectivity index (χ3n) is 4.79. The average molecular weight is 521 g/mol. The highest BCUT2D eigenvalue weighted by atomic mass is 35.5. The molecule has 11 heteroatoms. The lowest BCUT2D eigenvalue weighted by atomic mass is 10.1. The van der Waals surface area contributed by atoms with Gasteiger partial charge in [-0.25, -0.2) is 8.42 Å². The van der Waals surface area contributed by atoms with Gasteiger partial charge in [0.15, 0.2) is 0 Å². The van der Waals surface area contributed by atoms with E-state index < -0.39 is 28.5 Å². The van der Waals surface area contributed by atoms with Crippen LogP contribution < -0.4 is 9.62 Å². The van der Waals surface area contributed by atoms with E-state index in [0.29, 0.717) is 0 Å². The van der Waals surface area contributed by atoms with Gasteiger partial charge in [0.05, 0.1) is 27.0 Å². The van der Waals surface area contributed by atoms with Crippen LogP contribution >= 0.6 is 34.8 Å². The van der Waals surface area contributed by atoms with Crippen molar-refractivity contribution in [2.45, 2.75) is 26.4 Å². The number of sulfonamides is 1. The first-order valence-electron chi connectivity index (χ1n) is 9.54. The van der Waals surface area contributed by atoms with Gasteiger partial charge in [0.2, 0.25) is 21.8 Å². The number of likely N-dealkylation sites (N-methyl/N-ethyl adjacent to an activating group) is 1. The molecule has 1 unspecified atom stereocenters. The van der Waals surface area contributed by atoms with Crippen molar-refractivity contribution in [1.29, 1.82) is 0 Å². The molecule has 0 radical (unpaired) electrons. The van der Waals surface area contributed by atoms with E-state index in [1.54, 1.807) is 6.92 Å². The predicted molar refractivity (Wildman–Crippen MR) is 129 cm³/mol. The molecule has 2 rings (SSSR count). The Balaban J connectivity index is 2.46. The van der Waals surface area contributed by atoms with E-state index in [-0.39, 0.29) is 33.2 Å². The molecule has 0 heterocycles. The first-order valence-corrected chi connectivity index (χ1v) is 12.5. The molecule has 0 aromatic heterocycles. The van der Waals surface area contributed by atoms with Gasteiger partial charge in [-0.3, -0.25) is 13.9 Å². The summed E-state index contributed by atoms with van der Waals surface area (Å²) in [5.41, 5.74) is 1.80. The number of hydrogen-bond donors (Lipinski definition) is 1. The third kappa shape index (κ3) is 6.51. The van der Waals surface area contributed by atoms with Gasteiger partial charge < -0.3 is 10.2 Å². The van der Waals surface area contributed by atoms with Gasteiger partial charge in [-0.1, -0.05) is 64.6 Å². The van der Waals surface area contributed by atoms with E-state index in [2.05, 4.69) is 5.32 Å². The van der Waals surface area contributed by atoms with Gasteiger partial charge in [0.25, 0.3) is 0 Å². The van der Waals surface area contributed by atoms with E-state index in [0.717, 1.165) is 21.7 Å². The van der Waals surface area contributed by atoms with E-state index in [1.807, 2.05) is 31.2 Å². The number of benzene rings is 2. The average Bonchev–Trinajstić information content (AvgIpc) is 2.71. The van der Waals surface area contributed by atoms with Crippen molar-refractivity contribution < 1.29 is 18.0 Å². The highest BCUT2D eigenvalue weighted by Gasteiger charge is 2.30. The summed E-state index contributed by atoms with van der Waals surface area (Å²) in [5.74, 6) is -0.973. The van der Waals surface area contributed by atoms with Crippen molar-refractivity contribution >= 4 is 62.3 Å². The van der Waals surface area contributed by atoms with Crippen molar-refractivity contribution in [3.63, 3.8) is 0 Å². The van der Waals surface area contributed by atoms with Gasteiger partial charge in [0, 0.05) is 13.6 Å². The summed E-state index contributed by atoms with van der Waals surface area (Å²) in [7, 11) is -2.47. The number of nitrogens with zero attached hydrogens (tertiary/aromatic N) is 2. The van der Waals surface area contributed by atoms with Crippen LogP contribution in [0.3, 0.4) is 0 Å². The van der Waals surface area contributed by atoms with E-state index >= 15 is 0 Å². The van der Waals surface area contributed by atoms with Crippen molar-refractivity contribution in [1.82, 2.24) is 10.2 Å². The minimum Gasteiger partial charge on any atom is -0.357 e. The van der Waals surface area contributed by atoms with Gasteiger partial charge in [-0.05, 0) is 31.5 Å². The molecule has 0 fully saturated rings. The maximum Gasteiger partial charge on any atom is 0.244 e. The van der Waals surface area contributed by atoms with Crippen LogP contribution in [0.1, 0.15) is 18.1 Å². The highest BCUT2D eigenvalue weighted by Crippen LogP contribution is 2.35. The summed E-state index contributed by atoms with van der Waals surface area (Å²) in [6.07, 6.45) is 0.951. The van der Waals surface area contributed by atoms with Crippen LogP contribution in [0, 0.1) is 6.92 Å².